The number of ether oxygens (including phenoxy) is 1. The van der Waals surface area contributed by atoms with Crippen LogP contribution in [0.2, 0.25) is 0 Å². The van der Waals surface area contributed by atoms with Crippen LogP contribution in [0.15, 0.2) is 6.20 Å². The van der Waals surface area contributed by atoms with Crippen LogP contribution in [0.25, 0.3) is 0 Å². The van der Waals surface area contributed by atoms with Gasteiger partial charge in [0, 0.05) is 13.1 Å². The Bertz CT molecular complexity index is 342. The number of hydrogen-bond acceptors (Lipinski definition) is 6. The normalized spacial score (nSPS) is 17.7. The lowest BCUT2D eigenvalue weighted by molar-refractivity contribution is 0.0493. The number of nitrogens with zero attached hydrogens (tertiary/aromatic N) is 3. The molecule has 0 radical (unpaired) electrons. The zero-order chi connectivity index (χ0) is 10.7. The summed E-state index contributed by atoms with van der Waals surface area (Å²) in [5.41, 5.74) is 8.20. The third-order valence-corrected chi connectivity index (χ3v) is 2.04. The number of anilines is 2. The van der Waals surface area contributed by atoms with Gasteiger partial charge in [-0.1, -0.05) is 0 Å². The van der Waals surface area contributed by atoms with Gasteiger partial charge in [0.1, 0.15) is 0 Å². The van der Waals surface area contributed by atoms with Gasteiger partial charge >= 0.3 is 0 Å². The third kappa shape index (κ3) is 2.51. The van der Waals surface area contributed by atoms with Crippen LogP contribution in [-0.4, -0.2) is 41.3 Å². The largest absolute Gasteiger partial charge is 0.379 e. The van der Waals surface area contributed by atoms with Gasteiger partial charge < -0.3 is 15.9 Å². The lowest BCUT2D eigenvalue weighted by Crippen LogP contribution is -2.40. The highest BCUT2D eigenvalue weighted by molar-refractivity contribution is 5.38. The molecule has 0 unspecified atom stereocenters. The topological polar surface area (TPSA) is 76.3 Å². The van der Waals surface area contributed by atoms with Crippen molar-refractivity contribution >= 4 is 11.8 Å². The van der Waals surface area contributed by atoms with E-state index in [1.165, 1.54) is 0 Å². The van der Waals surface area contributed by atoms with E-state index < -0.39 is 5.82 Å². The Labute approximate surface area is 86.2 Å². The number of rotatable bonds is 2. The predicted octanol–water partition coefficient (Wildman–Crippen LogP) is -0.143. The summed E-state index contributed by atoms with van der Waals surface area (Å²) in [4.78, 5) is 7.31. The highest BCUT2D eigenvalue weighted by Gasteiger charge is 2.13. The molecule has 2 rings (SSSR count). The molecule has 0 bridgehead atoms. The highest BCUT2D eigenvalue weighted by Crippen LogP contribution is 2.11. The van der Waals surface area contributed by atoms with Crippen LogP contribution in [0.3, 0.4) is 0 Å². The Morgan fingerprint density at radius 3 is 2.93 bits per heavy atom. The van der Waals surface area contributed by atoms with Gasteiger partial charge in [-0.3, -0.25) is 0 Å². The maximum atomic E-state index is 13.2. The fourth-order valence-electron chi connectivity index (χ4n) is 1.28. The van der Waals surface area contributed by atoms with Crippen molar-refractivity contribution in [1.82, 2.24) is 15.0 Å². The van der Waals surface area contributed by atoms with Crippen molar-refractivity contribution in [3.05, 3.63) is 12.0 Å². The van der Waals surface area contributed by atoms with Crippen molar-refractivity contribution in [3.8, 4) is 0 Å². The number of hydrogen-bond donors (Lipinski definition) is 2. The van der Waals surface area contributed by atoms with Crippen molar-refractivity contribution in [3.63, 3.8) is 0 Å². The molecule has 0 aliphatic carbocycles. The van der Waals surface area contributed by atoms with Crippen LogP contribution < -0.4 is 11.2 Å². The molecule has 15 heavy (non-hydrogen) atoms. The van der Waals surface area contributed by atoms with E-state index in [2.05, 4.69) is 15.4 Å². The summed E-state index contributed by atoms with van der Waals surface area (Å²) in [5, 5.41) is 1.83. The summed E-state index contributed by atoms with van der Waals surface area (Å²) in [6.07, 6.45) is 1.05. The molecule has 1 aliphatic heterocycles. The van der Waals surface area contributed by atoms with E-state index in [0.29, 0.717) is 26.3 Å². The second kappa shape index (κ2) is 4.37. The number of nitrogen functional groups attached to an aromatic ring is 1. The minimum absolute atomic E-state index is 0.0483. The maximum absolute atomic E-state index is 13.2. The molecule has 0 saturated carbocycles. The van der Waals surface area contributed by atoms with Crippen molar-refractivity contribution in [2.45, 2.75) is 0 Å². The molecule has 0 atom stereocenters. The van der Waals surface area contributed by atoms with Crippen LogP contribution in [-0.2, 0) is 4.74 Å². The first kappa shape index (κ1) is 10.1. The Morgan fingerprint density at radius 2 is 2.20 bits per heavy atom. The molecular weight excluding hydrogens is 201 g/mol. The highest BCUT2D eigenvalue weighted by atomic mass is 19.1. The number of nitrogens with two attached hydrogens (primary N) is 1. The maximum Gasteiger partial charge on any atom is 0.222 e. The van der Waals surface area contributed by atoms with Gasteiger partial charge in [-0.2, -0.15) is 4.98 Å². The first-order chi connectivity index (χ1) is 7.25. The van der Waals surface area contributed by atoms with Gasteiger partial charge in [-0.05, 0) is 0 Å². The second-order valence-electron chi connectivity index (χ2n) is 3.14. The number of nitrogens with one attached hydrogen (secondary N) is 1. The fraction of sp³-hybridized carbons (Fsp3) is 0.500. The molecule has 1 aromatic rings. The molecule has 1 aromatic heterocycles. The van der Waals surface area contributed by atoms with Crippen LogP contribution in [0.1, 0.15) is 0 Å². The van der Waals surface area contributed by atoms with Crippen LogP contribution in [0.4, 0.5) is 16.2 Å². The van der Waals surface area contributed by atoms with Crippen molar-refractivity contribution in [2.24, 2.45) is 0 Å². The lowest BCUT2D eigenvalue weighted by Gasteiger charge is -2.27. The molecule has 82 valence electrons. The fourth-order valence-corrected chi connectivity index (χ4v) is 1.28. The predicted molar refractivity (Wildman–Crippen MR) is 52.4 cm³/mol. The van der Waals surface area contributed by atoms with E-state index in [9.17, 15) is 4.39 Å². The Morgan fingerprint density at radius 1 is 1.47 bits per heavy atom. The van der Waals surface area contributed by atoms with Gasteiger partial charge in [0.05, 0.1) is 19.4 Å². The van der Waals surface area contributed by atoms with E-state index in [0.717, 1.165) is 6.20 Å². The molecule has 7 heteroatoms. The van der Waals surface area contributed by atoms with Crippen LogP contribution in [0.5, 0.6) is 0 Å². The first-order valence-corrected chi connectivity index (χ1v) is 4.63. The molecule has 1 aliphatic rings. The Kier molecular flexibility index (Phi) is 2.93. The Balaban J connectivity index is 2.05. The standard InChI is InChI=1S/C8H12FN5O/c9-6-5-11-8(10)12-7(6)13-14-1-3-15-4-2-14/h5H,1-4H2,(H3,10,11,12,13). The van der Waals surface area contributed by atoms with E-state index in [-0.39, 0.29) is 11.8 Å². The third-order valence-electron chi connectivity index (χ3n) is 2.04. The lowest BCUT2D eigenvalue weighted by atomic mass is 10.5. The zero-order valence-corrected chi connectivity index (χ0v) is 8.11. The molecule has 2 heterocycles. The molecule has 3 N–H and O–H groups in total. The summed E-state index contributed by atoms with van der Waals surface area (Å²) >= 11 is 0. The van der Waals surface area contributed by atoms with Gasteiger partial charge in [0.15, 0.2) is 11.6 Å². The summed E-state index contributed by atoms with van der Waals surface area (Å²) < 4.78 is 18.4. The average molecular weight is 213 g/mol. The first-order valence-electron chi connectivity index (χ1n) is 4.63. The molecular formula is C8H12FN5O. The molecule has 0 amide bonds. The van der Waals surface area contributed by atoms with Crippen LogP contribution >= 0.6 is 0 Å². The molecule has 1 saturated heterocycles. The van der Waals surface area contributed by atoms with Gasteiger partial charge in [0.25, 0.3) is 0 Å². The van der Waals surface area contributed by atoms with Gasteiger partial charge in [-0.25, -0.2) is 14.4 Å². The number of morpholine rings is 1. The van der Waals surface area contributed by atoms with Crippen LogP contribution in [0, 0.1) is 5.82 Å². The average Bonchev–Trinajstić information content (AvgIpc) is 2.25. The minimum atomic E-state index is -0.518. The van der Waals surface area contributed by atoms with Gasteiger partial charge in [-0.15, -0.1) is 0 Å². The monoisotopic (exact) mass is 213 g/mol. The van der Waals surface area contributed by atoms with Gasteiger partial charge in [0.2, 0.25) is 5.95 Å². The molecule has 6 nitrogen and oxygen atoms in total. The van der Waals surface area contributed by atoms with E-state index in [1.54, 1.807) is 0 Å². The summed E-state index contributed by atoms with van der Waals surface area (Å²) in [6.45, 7) is 2.61. The van der Waals surface area contributed by atoms with Crippen molar-refractivity contribution in [1.29, 1.82) is 0 Å². The number of aromatic nitrogens is 2. The molecule has 0 aromatic carbocycles. The van der Waals surface area contributed by atoms with E-state index >= 15 is 0 Å². The number of hydrazine groups is 1. The molecule has 1 fully saturated rings. The van der Waals surface area contributed by atoms with E-state index in [4.69, 9.17) is 10.5 Å². The Hall–Kier alpha value is -1.47. The summed E-state index contributed by atoms with van der Waals surface area (Å²) in [7, 11) is 0. The smallest absolute Gasteiger partial charge is 0.222 e. The van der Waals surface area contributed by atoms with Crippen molar-refractivity contribution in [2.75, 3.05) is 37.5 Å². The number of halogens is 1. The summed E-state index contributed by atoms with van der Waals surface area (Å²) in [5.74, 6) is -0.368. The second-order valence-corrected chi connectivity index (χ2v) is 3.14. The van der Waals surface area contributed by atoms with Crippen molar-refractivity contribution < 1.29 is 9.13 Å². The minimum Gasteiger partial charge on any atom is -0.379 e. The molecule has 0 spiro atoms. The quantitative estimate of drug-likeness (QED) is 0.712. The SMILES string of the molecule is Nc1ncc(F)c(NN2CCOCC2)n1. The zero-order valence-electron chi connectivity index (χ0n) is 8.11. The summed E-state index contributed by atoms with van der Waals surface area (Å²) in [6, 6.07) is 0. The van der Waals surface area contributed by atoms with E-state index in [1.807, 2.05) is 5.01 Å².